The molecule has 0 unspecified atom stereocenters. The molecular formula is C16H9Cl2NO. The quantitative estimate of drug-likeness (QED) is 0.638. The van der Waals surface area contributed by atoms with E-state index in [1.165, 1.54) is 0 Å². The van der Waals surface area contributed by atoms with Gasteiger partial charge in [0.25, 0.3) is 0 Å². The van der Waals surface area contributed by atoms with Crippen molar-refractivity contribution in [1.82, 2.24) is 4.98 Å². The van der Waals surface area contributed by atoms with Crippen molar-refractivity contribution in [2.45, 2.75) is 0 Å². The number of carbonyl (C=O) groups excluding carboxylic acids is 1. The summed E-state index contributed by atoms with van der Waals surface area (Å²) in [5.41, 5.74) is 1.05. The minimum absolute atomic E-state index is 0.122. The van der Waals surface area contributed by atoms with Crippen LogP contribution in [0.15, 0.2) is 54.9 Å². The second-order valence-electron chi connectivity index (χ2n) is 4.36. The summed E-state index contributed by atoms with van der Waals surface area (Å²) in [5.74, 6) is -0.122. The average molecular weight is 302 g/mol. The maximum atomic E-state index is 12.6. The number of rotatable bonds is 2. The molecule has 0 saturated heterocycles. The van der Waals surface area contributed by atoms with Gasteiger partial charge in [-0.05, 0) is 29.7 Å². The van der Waals surface area contributed by atoms with Gasteiger partial charge in [-0.2, -0.15) is 0 Å². The van der Waals surface area contributed by atoms with Crippen LogP contribution in [0.3, 0.4) is 0 Å². The zero-order chi connectivity index (χ0) is 14.1. The standard InChI is InChI=1S/C16H9Cl2NO/c17-11-4-5-14(15(18)8-11)16(20)13-3-1-2-10-9-19-7-6-12(10)13/h1-9H. The van der Waals surface area contributed by atoms with Gasteiger partial charge in [-0.3, -0.25) is 9.78 Å². The van der Waals surface area contributed by atoms with Crippen LogP contribution in [0, 0.1) is 0 Å². The molecule has 0 saturated carbocycles. The molecule has 0 spiro atoms. The first kappa shape index (κ1) is 13.1. The van der Waals surface area contributed by atoms with Crippen LogP contribution in [-0.4, -0.2) is 10.8 Å². The van der Waals surface area contributed by atoms with Crippen LogP contribution in [0.4, 0.5) is 0 Å². The van der Waals surface area contributed by atoms with Crippen molar-refractivity contribution in [3.63, 3.8) is 0 Å². The van der Waals surface area contributed by atoms with E-state index in [-0.39, 0.29) is 5.78 Å². The molecule has 0 N–H and O–H groups in total. The van der Waals surface area contributed by atoms with E-state index in [1.807, 2.05) is 18.2 Å². The number of nitrogens with zero attached hydrogens (tertiary/aromatic N) is 1. The highest BCUT2D eigenvalue weighted by atomic mass is 35.5. The summed E-state index contributed by atoms with van der Waals surface area (Å²) in [4.78, 5) is 16.7. The summed E-state index contributed by atoms with van der Waals surface area (Å²) in [7, 11) is 0. The highest BCUT2D eigenvalue weighted by Gasteiger charge is 2.15. The Labute approximate surface area is 126 Å². The van der Waals surface area contributed by atoms with E-state index in [9.17, 15) is 4.79 Å². The van der Waals surface area contributed by atoms with Gasteiger partial charge in [0.15, 0.2) is 5.78 Å². The van der Waals surface area contributed by atoms with E-state index in [1.54, 1.807) is 36.7 Å². The number of ketones is 1. The molecule has 2 nitrogen and oxygen atoms in total. The van der Waals surface area contributed by atoms with Crippen molar-refractivity contribution in [3.05, 3.63) is 76.0 Å². The Hall–Kier alpha value is -1.90. The smallest absolute Gasteiger partial charge is 0.195 e. The Kier molecular flexibility index (Phi) is 3.43. The fourth-order valence-corrected chi connectivity index (χ4v) is 2.63. The second-order valence-corrected chi connectivity index (χ2v) is 5.20. The van der Waals surface area contributed by atoms with Crippen LogP contribution in [0.5, 0.6) is 0 Å². The zero-order valence-corrected chi connectivity index (χ0v) is 11.8. The molecule has 2 aromatic carbocycles. The Morgan fingerprint density at radius 2 is 1.85 bits per heavy atom. The number of halogens is 2. The average Bonchev–Trinajstić information content (AvgIpc) is 2.46. The predicted octanol–water partition coefficient (Wildman–Crippen LogP) is 4.77. The lowest BCUT2D eigenvalue weighted by Crippen LogP contribution is -2.03. The van der Waals surface area contributed by atoms with Gasteiger partial charge in [-0.25, -0.2) is 0 Å². The molecule has 98 valence electrons. The SMILES string of the molecule is O=C(c1ccc(Cl)cc1Cl)c1cccc2cnccc12. The van der Waals surface area contributed by atoms with Crippen LogP contribution in [0.2, 0.25) is 10.0 Å². The van der Waals surface area contributed by atoms with E-state index in [0.717, 1.165) is 10.8 Å². The highest BCUT2D eigenvalue weighted by molar-refractivity contribution is 6.38. The number of hydrogen-bond acceptors (Lipinski definition) is 2. The topological polar surface area (TPSA) is 30.0 Å². The molecule has 0 amide bonds. The van der Waals surface area contributed by atoms with Crippen LogP contribution in [-0.2, 0) is 0 Å². The first-order valence-corrected chi connectivity index (χ1v) is 6.75. The number of hydrogen-bond donors (Lipinski definition) is 0. The lowest BCUT2D eigenvalue weighted by molar-refractivity contribution is 0.104. The molecule has 3 aromatic rings. The predicted molar refractivity (Wildman–Crippen MR) is 81.6 cm³/mol. The van der Waals surface area contributed by atoms with Crippen molar-refractivity contribution in [2.75, 3.05) is 0 Å². The van der Waals surface area contributed by atoms with Gasteiger partial charge in [0, 0.05) is 33.9 Å². The molecule has 0 bridgehead atoms. The second kappa shape index (κ2) is 5.23. The van der Waals surface area contributed by atoms with E-state index in [4.69, 9.17) is 23.2 Å². The summed E-state index contributed by atoms with van der Waals surface area (Å²) >= 11 is 12.0. The third-order valence-corrected chi connectivity index (χ3v) is 3.65. The Bertz CT molecular complexity index is 809. The molecule has 4 heteroatoms. The van der Waals surface area contributed by atoms with Crippen molar-refractivity contribution < 1.29 is 4.79 Å². The van der Waals surface area contributed by atoms with E-state index < -0.39 is 0 Å². The van der Waals surface area contributed by atoms with Gasteiger partial charge in [-0.15, -0.1) is 0 Å². The normalized spacial score (nSPS) is 10.7. The number of carbonyl (C=O) groups is 1. The molecule has 1 heterocycles. The summed E-state index contributed by atoms with van der Waals surface area (Å²) in [5, 5.41) is 2.64. The molecule has 0 aliphatic heterocycles. The van der Waals surface area contributed by atoms with Gasteiger partial charge < -0.3 is 0 Å². The van der Waals surface area contributed by atoms with E-state index in [0.29, 0.717) is 21.2 Å². The molecule has 0 atom stereocenters. The van der Waals surface area contributed by atoms with Crippen molar-refractivity contribution >= 4 is 39.8 Å². The largest absolute Gasteiger partial charge is 0.289 e. The summed E-state index contributed by atoms with van der Waals surface area (Å²) in [6.07, 6.45) is 3.40. The Balaban J connectivity index is 2.18. The number of fused-ring (bicyclic) bond motifs is 1. The van der Waals surface area contributed by atoms with Crippen LogP contribution < -0.4 is 0 Å². The van der Waals surface area contributed by atoms with Gasteiger partial charge >= 0.3 is 0 Å². The zero-order valence-electron chi connectivity index (χ0n) is 10.3. The monoisotopic (exact) mass is 301 g/mol. The highest BCUT2D eigenvalue weighted by Crippen LogP contribution is 2.26. The minimum Gasteiger partial charge on any atom is -0.289 e. The molecule has 1 aromatic heterocycles. The fourth-order valence-electron chi connectivity index (χ4n) is 2.14. The third-order valence-electron chi connectivity index (χ3n) is 3.10. The van der Waals surface area contributed by atoms with E-state index in [2.05, 4.69) is 4.98 Å². The Morgan fingerprint density at radius 3 is 2.65 bits per heavy atom. The lowest BCUT2D eigenvalue weighted by atomic mass is 9.98. The first-order valence-electron chi connectivity index (χ1n) is 5.99. The molecule has 0 aliphatic rings. The van der Waals surface area contributed by atoms with Crippen LogP contribution >= 0.6 is 23.2 Å². The van der Waals surface area contributed by atoms with E-state index >= 15 is 0 Å². The number of benzene rings is 2. The van der Waals surface area contributed by atoms with Gasteiger partial charge in [0.1, 0.15) is 0 Å². The van der Waals surface area contributed by atoms with Crippen molar-refractivity contribution in [2.24, 2.45) is 0 Å². The molecule has 0 fully saturated rings. The lowest BCUT2D eigenvalue weighted by Gasteiger charge is -2.07. The summed E-state index contributed by atoms with van der Waals surface area (Å²) in [6, 6.07) is 12.2. The minimum atomic E-state index is -0.122. The van der Waals surface area contributed by atoms with Gasteiger partial charge in [0.2, 0.25) is 0 Å². The summed E-state index contributed by atoms with van der Waals surface area (Å²) in [6.45, 7) is 0. The maximum Gasteiger partial charge on any atom is 0.195 e. The maximum absolute atomic E-state index is 12.6. The Morgan fingerprint density at radius 1 is 1.00 bits per heavy atom. The number of aromatic nitrogens is 1. The van der Waals surface area contributed by atoms with Crippen molar-refractivity contribution in [1.29, 1.82) is 0 Å². The van der Waals surface area contributed by atoms with Crippen LogP contribution in [0.25, 0.3) is 10.8 Å². The molecule has 20 heavy (non-hydrogen) atoms. The van der Waals surface area contributed by atoms with Crippen LogP contribution in [0.1, 0.15) is 15.9 Å². The molecule has 0 aliphatic carbocycles. The van der Waals surface area contributed by atoms with Gasteiger partial charge in [0.05, 0.1) is 5.02 Å². The molecule has 3 rings (SSSR count). The first-order chi connectivity index (χ1) is 9.66. The van der Waals surface area contributed by atoms with Gasteiger partial charge in [-0.1, -0.05) is 41.4 Å². The number of pyridine rings is 1. The van der Waals surface area contributed by atoms with Crippen molar-refractivity contribution in [3.8, 4) is 0 Å². The summed E-state index contributed by atoms with van der Waals surface area (Å²) < 4.78 is 0. The fraction of sp³-hybridized carbons (Fsp3) is 0. The molecular weight excluding hydrogens is 293 g/mol. The third kappa shape index (κ3) is 2.28. The molecule has 0 radical (unpaired) electrons.